The smallest absolute Gasteiger partial charge is 0.178 e. The molecule has 0 spiro atoms. The number of rotatable bonds is 2. The van der Waals surface area contributed by atoms with Gasteiger partial charge in [-0.2, -0.15) is 0 Å². The van der Waals surface area contributed by atoms with E-state index in [0.29, 0.717) is 17.7 Å². The molecular formula is C18H16FNO2S. The number of aryl methyl sites for hydroxylation is 1. The lowest BCUT2D eigenvalue weighted by Crippen LogP contribution is -1.99. The molecule has 0 fully saturated rings. The lowest BCUT2D eigenvalue weighted by atomic mass is 9.96. The van der Waals surface area contributed by atoms with Gasteiger partial charge in [0, 0.05) is 23.0 Å². The maximum Gasteiger partial charge on any atom is 0.178 e. The van der Waals surface area contributed by atoms with Crippen molar-refractivity contribution in [1.82, 2.24) is 4.98 Å². The van der Waals surface area contributed by atoms with E-state index < -0.39 is 9.84 Å². The van der Waals surface area contributed by atoms with E-state index >= 15 is 0 Å². The van der Waals surface area contributed by atoms with Crippen LogP contribution in [-0.4, -0.2) is 19.2 Å². The van der Waals surface area contributed by atoms with Crippen molar-refractivity contribution in [1.29, 1.82) is 0 Å². The molecule has 3 nitrogen and oxygen atoms in total. The summed E-state index contributed by atoms with van der Waals surface area (Å²) in [5, 5.41) is 0.862. The Hall–Kier alpha value is -2.14. The summed E-state index contributed by atoms with van der Waals surface area (Å²) in [5.74, 6) is -0.0838. The van der Waals surface area contributed by atoms with Crippen LogP contribution in [0.25, 0.3) is 10.9 Å². The number of benzene rings is 2. The van der Waals surface area contributed by atoms with E-state index in [1.165, 1.54) is 12.1 Å². The first-order chi connectivity index (χ1) is 11.0. The minimum Gasteiger partial charge on any atom is -0.358 e. The average Bonchev–Trinajstić information content (AvgIpc) is 2.98. The van der Waals surface area contributed by atoms with E-state index in [0.717, 1.165) is 33.3 Å². The van der Waals surface area contributed by atoms with Crippen LogP contribution in [0.2, 0.25) is 0 Å². The van der Waals surface area contributed by atoms with E-state index in [-0.39, 0.29) is 11.6 Å². The number of fused-ring (bicyclic) bond motifs is 2. The summed E-state index contributed by atoms with van der Waals surface area (Å²) in [7, 11) is -3.13. The summed E-state index contributed by atoms with van der Waals surface area (Å²) in [5.41, 5.74) is 4.84. The summed E-state index contributed by atoms with van der Waals surface area (Å²) in [6, 6.07) is 10.2. The second-order valence-corrected chi connectivity index (χ2v) is 8.14. The number of aromatic nitrogens is 1. The van der Waals surface area contributed by atoms with Gasteiger partial charge in [0.05, 0.1) is 10.6 Å². The van der Waals surface area contributed by atoms with Gasteiger partial charge >= 0.3 is 0 Å². The topological polar surface area (TPSA) is 49.9 Å². The maximum atomic E-state index is 13.6. The molecular weight excluding hydrogens is 313 g/mol. The molecule has 2 heterocycles. The summed E-state index contributed by atoms with van der Waals surface area (Å²) < 4.78 is 37.7. The molecule has 0 aliphatic carbocycles. The van der Waals surface area contributed by atoms with Crippen molar-refractivity contribution in [2.45, 2.75) is 24.7 Å². The second kappa shape index (κ2) is 4.93. The van der Waals surface area contributed by atoms with Gasteiger partial charge in [0.25, 0.3) is 0 Å². The van der Waals surface area contributed by atoms with Gasteiger partial charge in [0.15, 0.2) is 9.84 Å². The summed E-state index contributed by atoms with van der Waals surface area (Å²) in [6.45, 7) is 1.97. The third-order valence-corrected chi connectivity index (χ3v) is 6.43. The molecule has 1 N–H and O–H groups in total. The molecule has 1 aliphatic rings. The number of hydrogen-bond acceptors (Lipinski definition) is 2. The second-order valence-electron chi connectivity index (χ2n) is 6.06. The number of sulfone groups is 1. The molecule has 4 rings (SSSR count). The van der Waals surface area contributed by atoms with Gasteiger partial charge in [-0.15, -0.1) is 0 Å². The van der Waals surface area contributed by atoms with Crippen molar-refractivity contribution in [3.8, 4) is 0 Å². The fourth-order valence-electron chi connectivity index (χ4n) is 3.47. The van der Waals surface area contributed by atoms with Crippen LogP contribution in [0.1, 0.15) is 22.4 Å². The zero-order valence-corrected chi connectivity index (χ0v) is 13.5. The summed E-state index contributed by atoms with van der Waals surface area (Å²) in [6.07, 6.45) is 1.16. The van der Waals surface area contributed by atoms with Crippen molar-refractivity contribution in [3.05, 3.63) is 64.6 Å². The summed E-state index contributed by atoms with van der Waals surface area (Å²) >= 11 is 0. The van der Waals surface area contributed by atoms with Gasteiger partial charge in [-0.3, -0.25) is 0 Å². The minimum absolute atomic E-state index is 0.181. The Bertz CT molecular complexity index is 1030. The monoisotopic (exact) mass is 329 g/mol. The largest absolute Gasteiger partial charge is 0.358 e. The molecule has 1 aromatic heterocycles. The molecule has 0 atom stereocenters. The van der Waals surface area contributed by atoms with Crippen molar-refractivity contribution in [2.24, 2.45) is 0 Å². The normalized spacial score (nSPS) is 15.9. The van der Waals surface area contributed by atoms with Crippen molar-refractivity contribution in [2.75, 3.05) is 5.75 Å². The van der Waals surface area contributed by atoms with Gasteiger partial charge in [0.1, 0.15) is 5.82 Å². The number of H-pyrrole nitrogens is 1. The third kappa shape index (κ3) is 2.27. The molecule has 5 heteroatoms. The predicted molar refractivity (Wildman–Crippen MR) is 88.0 cm³/mol. The predicted octanol–water partition coefficient (Wildman–Crippen LogP) is 3.54. The van der Waals surface area contributed by atoms with E-state index in [9.17, 15) is 12.8 Å². The van der Waals surface area contributed by atoms with Crippen LogP contribution in [0.4, 0.5) is 4.39 Å². The zero-order valence-electron chi connectivity index (χ0n) is 12.7. The van der Waals surface area contributed by atoms with Crippen LogP contribution in [0.5, 0.6) is 0 Å². The lowest BCUT2D eigenvalue weighted by Gasteiger charge is -2.08. The summed E-state index contributed by atoms with van der Waals surface area (Å²) in [4.78, 5) is 3.73. The first kappa shape index (κ1) is 14.5. The number of hydrogen-bond donors (Lipinski definition) is 1. The Morgan fingerprint density at radius 3 is 2.87 bits per heavy atom. The molecule has 0 radical (unpaired) electrons. The molecule has 0 saturated carbocycles. The van der Waals surface area contributed by atoms with E-state index in [4.69, 9.17) is 0 Å². The first-order valence-electron chi connectivity index (χ1n) is 7.56. The first-order valence-corrected chi connectivity index (χ1v) is 9.21. The standard InChI is InChI=1S/C18H16FNO2S/c1-11-15(16-10-13(19)5-6-17(16)20-11)9-12-3-2-4-18-14(12)7-8-23(18,21)22/h2-6,10,20H,7-9H2,1H3. The highest BCUT2D eigenvalue weighted by Crippen LogP contribution is 2.32. The van der Waals surface area contributed by atoms with Crippen LogP contribution in [-0.2, 0) is 22.7 Å². The van der Waals surface area contributed by atoms with Gasteiger partial charge in [-0.05, 0) is 54.3 Å². The highest BCUT2D eigenvalue weighted by Gasteiger charge is 2.28. The maximum absolute atomic E-state index is 13.6. The highest BCUT2D eigenvalue weighted by molar-refractivity contribution is 7.91. The Labute approximate surface area is 134 Å². The average molecular weight is 329 g/mol. The van der Waals surface area contributed by atoms with Crippen LogP contribution in [0, 0.1) is 12.7 Å². The van der Waals surface area contributed by atoms with E-state index in [1.807, 2.05) is 13.0 Å². The van der Waals surface area contributed by atoms with Crippen molar-refractivity contribution >= 4 is 20.7 Å². The molecule has 0 saturated heterocycles. The molecule has 1 aliphatic heterocycles. The molecule has 0 unspecified atom stereocenters. The van der Waals surface area contributed by atoms with Crippen LogP contribution in [0.15, 0.2) is 41.3 Å². The molecule has 23 heavy (non-hydrogen) atoms. The molecule has 3 aromatic rings. The number of aromatic amines is 1. The Morgan fingerprint density at radius 2 is 2.04 bits per heavy atom. The van der Waals surface area contributed by atoms with E-state index in [2.05, 4.69) is 4.98 Å². The fraction of sp³-hybridized carbons (Fsp3) is 0.222. The van der Waals surface area contributed by atoms with Gasteiger partial charge < -0.3 is 4.98 Å². The Balaban J connectivity index is 1.86. The van der Waals surface area contributed by atoms with E-state index in [1.54, 1.807) is 18.2 Å². The Kier molecular flexibility index (Phi) is 3.10. The third-order valence-electron chi connectivity index (χ3n) is 4.63. The quantitative estimate of drug-likeness (QED) is 0.782. The van der Waals surface area contributed by atoms with Crippen molar-refractivity contribution < 1.29 is 12.8 Å². The fourth-order valence-corrected chi connectivity index (χ4v) is 5.06. The lowest BCUT2D eigenvalue weighted by molar-refractivity contribution is 0.600. The number of halogens is 1. The van der Waals surface area contributed by atoms with Crippen LogP contribution >= 0.6 is 0 Å². The Morgan fingerprint density at radius 1 is 1.22 bits per heavy atom. The van der Waals surface area contributed by atoms with Gasteiger partial charge in [0.2, 0.25) is 0 Å². The van der Waals surface area contributed by atoms with Gasteiger partial charge in [-0.1, -0.05) is 12.1 Å². The van der Waals surface area contributed by atoms with Gasteiger partial charge in [-0.25, -0.2) is 12.8 Å². The van der Waals surface area contributed by atoms with Crippen LogP contribution < -0.4 is 0 Å². The SMILES string of the molecule is Cc1[nH]c2ccc(F)cc2c1Cc1cccc2c1CCS2(=O)=O. The molecule has 0 amide bonds. The molecule has 0 bridgehead atoms. The molecule has 2 aromatic carbocycles. The minimum atomic E-state index is -3.13. The molecule has 118 valence electrons. The highest BCUT2D eigenvalue weighted by atomic mass is 32.2. The van der Waals surface area contributed by atoms with Crippen molar-refractivity contribution in [3.63, 3.8) is 0 Å². The number of nitrogens with one attached hydrogen (secondary N) is 1. The van der Waals surface area contributed by atoms with Crippen LogP contribution in [0.3, 0.4) is 0 Å². The zero-order chi connectivity index (χ0) is 16.2.